The molecule has 0 aromatic carbocycles. The van der Waals surface area contributed by atoms with Crippen molar-refractivity contribution >= 4 is 12.5 Å². The topological polar surface area (TPSA) is 156 Å². The Bertz CT molecular complexity index is 437. The standard InChI is InChI=1S/C15H27NO10/c1-16-4-8(25-14(23-3)9(18)5-17)6-24-15-13(21)12(20)11(19)10(26-15)7-22-2/h4-5,8-15,18-21H,6-7H2,1-3H3/b16-4+. The second-order valence-corrected chi connectivity index (χ2v) is 5.62. The number of hydrogen-bond acceptors (Lipinski definition) is 11. The van der Waals surface area contributed by atoms with Gasteiger partial charge in [0.25, 0.3) is 0 Å². The third-order valence-corrected chi connectivity index (χ3v) is 3.70. The zero-order valence-electron chi connectivity index (χ0n) is 14.9. The molecule has 26 heavy (non-hydrogen) atoms. The van der Waals surface area contributed by atoms with Crippen LogP contribution in [0.1, 0.15) is 0 Å². The van der Waals surface area contributed by atoms with Gasteiger partial charge in [-0.15, -0.1) is 0 Å². The van der Waals surface area contributed by atoms with Gasteiger partial charge in [-0.3, -0.25) is 4.99 Å². The molecule has 1 aliphatic heterocycles. The average Bonchev–Trinajstić information content (AvgIpc) is 2.64. The fourth-order valence-corrected chi connectivity index (χ4v) is 2.34. The van der Waals surface area contributed by atoms with Crippen molar-refractivity contribution in [1.29, 1.82) is 0 Å². The van der Waals surface area contributed by atoms with Gasteiger partial charge in [-0.1, -0.05) is 0 Å². The van der Waals surface area contributed by atoms with E-state index in [0.717, 1.165) is 0 Å². The average molecular weight is 381 g/mol. The number of carbonyl (C=O) groups is 1. The highest BCUT2D eigenvalue weighted by atomic mass is 16.7. The van der Waals surface area contributed by atoms with Crippen LogP contribution < -0.4 is 0 Å². The lowest BCUT2D eigenvalue weighted by atomic mass is 9.99. The van der Waals surface area contributed by atoms with E-state index in [0.29, 0.717) is 0 Å². The molecule has 11 nitrogen and oxygen atoms in total. The molecule has 0 radical (unpaired) electrons. The van der Waals surface area contributed by atoms with Crippen LogP contribution >= 0.6 is 0 Å². The van der Waals surface area contributed by atoms with E-state index in [1.54, 1.807) is 0 Å². The summed E-state index contributed by atoms with van der Waals surface area (Å²) >= 11 is 0. The van der Waals surface area contributed by atoms with Crippen LogP contribution in [-0.2, 0) is 28.5 Å². The molecule has 0 bridgehead atoms. The first-order chi connectivity index (χ1) is 12.4. The molecule has 1 fully saturated rings. The number of aliphatic hydroxyl groups excluding tert-OH is 4. The number of rotatable bonds is 11. The van der Waals surface area contributed by atoms with E-state index in [9.17, 15) is 25.2 Å². The Balaban J connectivity index is 2.70. The second-order valence-electron chi connectivity index (χ2n) is 5.62. The Morgan fingerprint density at radius 2 is 1.88 bits per heavy atom. The largest absolute Gasteiger partial charge is 0.387 e. The van der Waals surface area contributed by atoms with Crippen LogP contribution in [0, 0.1) is 0 Å². The molecule has 0 aliphatic carbocycles. The summed E-state index contributed by atoms with van der Waals surface area (Å²) in [5.41, 5.74) is 0. The molecular weight excluding hydrogens is 354 g/mol. The van der Waals surface area contributed by atoms with Gasteiger partial charge >= 0.3 is 0 Å². The minimum atomic E-state index is -1.51. The van der Waals surface area contributed by atoms with E-state index in [1.165, 1.54) is 27.5 Å². The molecule has 0 amide bonds. The Morgan fingerprint density at radius 3 is 2.42 bits per heavy atom. The number of hydrogen-bond donors (Lipinski definition) is 4. The fraction of sp³-hybridized carbons (Fsp3) is 0.867. The van der Waals surface area contributed by atoms with Gasteiger partial charge in [0.2, 0.25) is 0 Å². The van der Waals surface area contributed by atoms with E-state index < -0.39 is 49.2 Å². The molecule has 8 unspecified atom stereocenters. The quantitative estimate of drug-likeness (QED) is 0.166. The Labute approximate surface area is 151 Å². The van der Waals surface area contributed by atoms with Gasteiger partial charge in [-0.2, -0.15) is 0 Å². The van der Waals surface area contributed by atoms with Crippen LogP contribution in [0.15, 0.2) is 4.99 Å². The molecule has 152 valence electrons. The number of methoxy groups -OCH3 is 2. The van der Waals surface area contributed by atoms with Gasteiger partial charge in [-0.05, 0) is 0 Å². The third kappa shape index (κ3) is 6.30. The van der Waals surface area contributed by atoms with Crippen molar-refractivity contribution in [2.24, 2.45) is 4.99 Å². The molecule has 4 N–H and O–H groups in total. The van der Waals surface area contributed by atoms with Gasteiger partial charge in [-0.25, -0.2) is 0 Å². The molecule has 1 aliphatic rings. The van der Waals surface area contributed by atoms with E-state index in [1.807, 2.05) is 0 Å². The van der Waals surface area contributed by atoms with Crippen LogP contribution in [0.25, 0.3) is 0 Å². The first kappa shape index (κ1) is 23.0. The predicted molar refractivity (Wildman–Crippen MR) is 86.7 cm³/mol. The molecular formula is C15H27NO10. The molecule has 0 aromatic heterocycles. The lowest BCUT2D eigenvalue weighted by molar-refractivity contribution is -0.307. The predicted octanol–water partition coefficient (Wildman–Crippen LogP) is -2.92. The van der Waals surface area contributed by atoms with E-state index in [-0.39, 0.29) is 19.5 Å². The van der Waals surface area contributed by atoms with Gasteiger partial charge in [0.1, 0.15) is 30.5 Å². The first-order valence-corrected chi connectivity index (χ1v) is 7.93. The summed E-state index contributed by atoms with van der Waals surface area (Å²) in [4.78, 5) is 14.5. The number of ether oxygens (including phenoxy) is 5. The molecule has 11 heteroatoms. The summed E-state index contributed by atoms with van der Waals surface area (Å²) < 4.78 is 26.0. The van der Waals surface area contributed by atoms with Crippen LogP contribution in [0.4, 0.5) is 0 Å². The SMILES string of the molecule is C/N=C/C(COC1OC(COC)C(O)C(O)C1O)OC(OC)C(O)C=O. The van der Waals surface area contributed by atoms with E-state index >= 15 is 0 Å². The van der Waals surface area contributed by atoms with Gasteiger partial charge in [0, 0.05) is 27.5 Å². The second kappa shape index (κ2) is 11.6. The van der Waals surface area contributed by atoms with E-state index in [4.69, 9.17) is 23.7 Å². The molecule has 1 heterocycles. The highest BCUT2D eigenvalue weighted by Crippen LogP contribution is 2.22. The van der Waals surface area contributed by atoms with Crippen molar-refractivity contribution in [2.45, 2.75) is 49.2 Å². The number of aliphatic imine (C=N–C) groups is 1. The minimum absolute atomic E-state index is 0.0154. The van der Waals surface area contributed by atoms with Crippen molar-refractivity contribution in [3.05, 3.63) is 0 Å². The molecule has 1 saturated heterocycles. The summed E-state index contributed by atoms with van der Waals surface area (Å²) in [7, 11) is 4.13. The summed E-state index contributed by atoms with van der Waals surface area (Å²) in [6.45, 7) is -0.217. The van der Waals surface area contributed by atoms with Gasteiger partial charge in [0.15, 0.2) is 25.0 Å². The third-order valence-electron chi connectivity index (χ3n) is 3.70. The van der Waals surface area contributed by atoms with Crippen molar-refractivity contribution < 1.29 is 48.9 Å². The number of aldehydes is 1. The highest BCUT2D eigenvalue weighted by molar-refractivity contribution is 5.63. The van der Waals surface area contributed by atoms with Crippen molar-refractivity contribution in [3.63, 3.8) is 0 Å². The Hall–Kier alpha value is -1.02. The summed E-state index contributed by atoms with van der Waals surface area (Å²) in [5, 5.41) is 39.3. The molecule has 0 saturated carbocycles. The maximum absolute atomic E-state index is 10.7. The normalized spacial score (nSPS) is 33.1. The van der Waals surface area contributed by atoms with Crippen molar-refractivity contribution in [3.8, 4) is 0 Å². The lowest BCUT2D eigenvalue weighted by Gasteiger charge is -2.40. The maximum atomic E-state index is 10.7. The maximum Gasteiger partial charge on any atom is 0.190 e. The molecule has 8 atom stereocenters. The Kier molecular flexibility index (Phi) is 10.3. The zero-order valence-corrected chi connectivity index (χ0v) is 14.9. The van der Waals surface area contributed by atoms with Crippen LogP contribution in [0.3, 0.4) is 0 Å². The number of aliphatic hydroxyl groups is 4. The summed E-state index contributed by atoms with van der Waals surface area (Å²) in [6, 6.07) is 0. The molecule has 0 spiro atoms. The zero-order chi connectivity index (χ0) is 19.7. The first-order valence-electron chi connectivity index (χ1n) is 7.93. The van der Waals surface area contributed by atoms with Gasteiger partial charge < -0.3 is 48.9 Å². The van der Waals surface area contributed by atoms with Crippen molar-refractivity contribution in [1.82, 2.24) is 0 Å². The lowest BCUT2D eigenvalue weighted by Crippen LogP contribution is -2.59. The molecule has 0 aromatic rings. The fourth-order valence-electron chi connectivity index (χ4n) is 2.34. The van der Waals surface area contributed by atoms with Crippen LogP contribution in [0.5, 0.6) is 0 Å². The highest BCUT2D eigenvalue weighted by Gasteiger charge is 2.44. The number of carbonyl (C=O) groups excluding carboxylic acids is 1. The van der Waals surface area contributed by atoms with E-state index in [2.05, 4.69) is 4.99 Å². The van der Waals surface area contributed by atoms with Crippen molar-refractivity contribution in [2.75, 3.05) is 34.5 Å². The van der Waals surface area contributed by atoms with Crippen LogP contribution in [0.2, 0.25) is 0 Å². The molecule has 1 rings (SSSR count). The summed E-state index contributed by atoms with van der Waals surface area (Å²) in [6.07, 6.45) is -8.49. The smallest absolute Gasteiger partial charge is 0.190 e. The monoisotopic (exact) mass is 381 g/mol. The minimum Gasteiger partial charge on any atom is -0.387 e. The Morgan fingerprint density at radius 1 is 1.19 bits per heavy atom. The van der Waals surface area contributed by atoms with Gasteiger partial charge in [0.05, 0.1) is 13.2 Å². The summed E-state index contributed by atoms with van der Waals surface area (Å²) in [5.74, 6) is 0. The number of nitrogens with zero attached hydrogens (tertiary/aromatic N) is 1. The van der Waals surface area contributed by atoms with Crippen LogP contribution in [-0.4, -0.2) is 117 Å².